The van der Waals surface area contributed by atoms with Crippen LogP contribution in [0.5, 0.6) is 0 Å². The molecule has 1 aromatic carbocycles. The zero-order valence-electron chi connectivity index (χ0n) is 16.9. The highest BCUT2D eigenvalue weighted by atomic mass is 16.2. The molecule has 3 aromatic rings. The first-order valence-corrected chi connectivity index (χ1v) is 9.25. The summed E-state index contributed by atoms with van der Waals surface area (Å²) in [6.07, 6.45) is 5.11. The summed E-state index contributed by atoms with van der Waals surface area (Å²) < 4.78 is 1.89. The van der Waals surface area contributed by atoms with Gasteiger partial charge in [-0.05, 0) is 31.6 Å². The van der Waals surface area contributed by atoms with Crippen molar-refractivity contribution in [3.63, 3.8) is 0 Å². The predicted molar refractivity (Wildman–Crippen MR) is 113 cm³/mol. The molecule has 0 aliphatic carbocycles. The van der Waals surface area contributed by atoms with Gasteiger partial charge in [0.15, 0.2) is 11.4 Å². The Morgan fingerprint density at radius 3 is 2.39 bits per heavy atom. The van der Waals surface area contributed by atoms with E-state index in [9.17, 15) is 9.59 Å². The number of aromatic nitrogens is 2. The van der Waals surface area contributed by atoms with Crippen molar-refractivity contribution >= 4 is 29.1 Å². The molecule has 28 heavy (non-hydrogen) atoms. The lowest BCUT2D eigenvalue weighted by Gasteiger charge is -2.19. The third-order valence-electron chi connectivity index (χ3n) is 4.68. The van der Waals surface area contributed by atoms with Gasteiger partial charge in [-0.15, -0.1) is 0 Å². The standard InChI is InChI=1S/C23H25N3O2/c1-15-16(2)26-14-13-18(19(27)12-11-17-9-7-6-8-10-17)20(21(26)24-15)25-22(28)23(3,4)5/h6-14H,1-5H3,(H,25,28). The van der Waals surface area contributed by atoms with Gasteiger partial charge >= 0.3 is 0 Å². The summed E-state index contributed by atoms with van der Waals surface area (Å²) in [5, 5.41) is 2.94. The first-order chi connectivity index (χ1) is 13.2. The number of benzene rings is 1. The highest BCUT2D eigenvalue weighted by Crippen LogP contribution is 2.27. The average Bonchev–Trinajstić information content (AvgIpc) is 2.95. The van der Waals surface area contributed by atoms with Gasteiger partial charge in [0.25, 0.3) is 0 Å². The van der Waals surface area contributed by atoms with E-state index in [2.05, 4.69) is 10.3 Å². The van der Waals surface area contributed by atoms with E-state index in [-0.39, 0.29) is 11.7 Å². The van der Waals surface area contributed by atoms with E-state index in [1.807, 2.05) is 75.5 Å². The average molecular weight is 375 g/mol. The number of fused-ring (bicyclic) bond motifs is 1. The van der Waals surface area contributed by atoms with Crippen LogP contribution < -0.4 is 5.32 Å². The SMILES string of the molecule is Cc1nc2c(NC(=O)C(C)(C)C)c(C(=O)C=Cc3ccccc3)ccn2c1C. The molecular formula is C23H25N3O2. The molecule has 0 spiro atoms. The fraction of sp³-hybridized carbons (Fsp3) is 0.261. The summed E-state index contributed by atoms with van der Waals surface area (Å²) in [5.41, 5.74) is 3.61. The Kier molecular flexibility index (Phi) is 5.18. The van der Waals surface area contributed by atoms with Crippen LogP contribution in [-0.4, -0.2) is 21.1 Å². The number of amides is 1. The normalized spacial score (nSPS) is 11.9. The van der Waals surface area contributed by atoms with Crippen LogP contribution in [-0.2, 0) is 4.79 Å². The Morgan fingerprint density at radius 2 is 1.75 bits per heavy atom. The quantitative estimate of drug-likeness (QED) is 0.525. The molecule has 2 aromatic heterocycles. The molecule has 5 heteroatoms. The summed E-state index contributed by atoms with van der Waals surface area (Å²) in [6, 6.07) is 11.4. The van der Waals surface area contributed by atoms with Crippen molar-refractivity contribution < 1.29 is 9.59 Å². The molecule has 1 N–H and O–H groups in total. The number of allylic oxidation sites excluding steroid dienone is 1. The van der Waals surface area contributed by atoms with E-state index < -0.39 is 5.41 Å². The molecule has 1 amide bonds. The molecule has 5 nitrogen and oxygen atoms in total. The minimum Gasteiger partial charge on any atom is -0.322 e. The van der Waals surface area contributed by atoms with Crippen LogP contribution in [0, 0.1) is 19.3 Å². The molecular weight excluding hydrogens is 350 g/mol. The van der Waals surface area contributed by atoms with Gasteiger partial charge in [0, 0.05) is 17.3 Å². The Hall–Kier alpha value is -3.21. The number of hydrogen-bond donors (Lipinski definition) is 1. The van der Waals surface area contributed by atoms with Crippen molar-refractivity contribution in [3.8, 4) is 0 Å². The van der Waals surface area contributed by atoms with Gasteiger partial charge in [0.1, 0.15) is 0 Å². The molecule has 0 unspecified atom stereocenters. The fourth-order valence-electron chi connectivity index (χ4n) is 2.79. The van der Waals surface area contributed by atoms with E-state index in [1.54, 1.807) is 12.1 Å². The Bertz CT molecular complexity index is 1070. The maximum Gasteiger partial charge on any atom is 0.229 e. The van der Waals surface area contributed by atoms with Crippen LogP contribution >= 0.6 is 0 Å². The van der Waals surface area contributed by atoms with Crippen molar-refractivity contribution in [1.29, 1.82) is 0 Å². The Morgan fingerprint density at radius 1 is 1.07 bits per heavy atom. The van der Waals surface area contributed by atoms with Gasteiger partial charge in [-0.2, -0.15) is 0 Å². The van der Waals surface area contributed by atoms with Gasteiger partial charge in [-0.25, -0.2) is 4.98 Å². The summed E-state index contributed by atoms with van der Waals surface area (Å²) in [4.78, 5) is 30.2. The highest BCUT2D eigenvalue weighted by Gasteiger charge is 2.25. The third-order valence-corrected chi connectivity index (χ3v) is 4.68. The number of carbonyl (C=O) groups excluding carboxylic acids is 2. The number of ketones is 1. The number of anilines is 1. The molecule has 0 aliphatic heterocycles. The van der Waals surface area contributed by atoms with Crippen molar-refractivity contribution in [2.24, 2.45) is 5.41 Å². The molecule has 0 saturated heterocycles. The monoisotopic (exact) mass is 375 g/mol. The minimum atomic E-state index is -0.594. The number of aryl methyl sites for hydroxylation is 2. The molecule has 144 valence electrons. The summed E-state index contributed by atoms with van der Waals surface area (Å²) >= 11 is 0. The van der Waals surface area contributed by atoms with Crippen molar-refractivity contribution in [2.45, 2.75) is 34.6 Å². The highest BCUT2D eigenvalue weighted by molar-refractivity contribution is 6.14. The smallest absolute Gasteiger partial charge is 0.229 e. The van der Waals surface area contributed by atoms with Gasteiger partial charge in [0.05, 0.1) is 16.9 Å². The molecule has 2 heterocycles. The lowest BCUT2D eigenvalue weighted by Crippen LogP contribution is -2.28. The summed E-state index contributed by atoms with van der Waals surface area (Å²) in [6.45, 7) is 9.37. The van der Waals surface area contributed by atoms with E-state index in [4.69, 9.17) is 0 Å². The second-order valence-electron chi connectivity index (χ2n) is 7.89. The molecule has 3 rings (SSSR count). The molecule has 0 radical (unpaired) electrons. The number of imidazole rings is 1. The van der Waals surface area contributed by atoms with Crippen LogP contribution in [0.3, 0.4) is 0 Å². The number of rotatable bonds is 4. The third kappa shape index (κ3) is 3.88. The number of nitrogens with zero attached hydrogens (tertiary/aromatic N) is 2. The van der Waals surface area contributed by atoms with E-state index >= 15 is 0 Å². The lowest BCUT2D eigenvalue weighted by molar-refractivity contribution is -0.123. The van der Waals surface area contributed by atoms with Crippen LogP contribution in [0.2, 0.25) is 0 Å². The molecule has 0 aliphatic rings. The lowest BCUT2D eigenvalue weighted by atomic mass is 9.95. The van der Waals surface area contributed by atoms with Crippen molar-refractivity contribution in [2.75, 3.05) is 5.32 Å². The fourth-order valence-corrected chi connectivity index (χ4v) is 2.79. The number of carbonyl (C=O) groups is 2. The van der Waals surface area contributed by atoms with Crippen LogP contribution in [0.25, 0.3) is 11.7 Å². The summed E-state index contributed by atoms with van der Waals surface area (Å²) in [7, 11) is 0. The van der Waals surface area contributed by atoms with Gasteiger partial charge < -0.3 is 9.72 Å². The molecule has 0 fully saturated rings. The summed E-state index contributed by atoms with van der Waals surface area (Å²) in [5.74, 6) is -0.353. The minimum absolute atomic E-state index is 0.167. The molecule has 0 saturated carbocycles. The zero-order valence-corrected chi connectivity index (χ0v) is 16.9. The second kappa shape index (κ2) is 7.43. The second-order valence-corrected chi connectivity index (χ2v) is 7.89. The first-order valence-electron chi connectivity index (χ1n) is 9.25. The zero-order chi connectivity index (χ0) is 20.5. The predicted octanol–water partition coefficient (Wildman–Crippen LogP) is 4.83. The molecule has 0 atom stereocenters. The van der Waals surface area contributed by atoms with Gasteiger partial charge in [-0.3, -0.25) is 9.59 Å². The van der Waals surface area contributed by atoms with E-state index in [1.165, 1.54) is 6.08 Å². The Labute approximate surface area is 165 Å². The van der Waals surface area contributed by atoms with E-state index in [0.717, 1.165) is 17.0 Å². The van der Waals surface area contributed by atoms with Crippen molar-refractivity contribution in [1.82, 2.24) is 9.38 Å². The molecule has 0 bridgehead atoms. The number of pyridine rings is 1. The van der Waals surface area contributed by atoms with Crippen molar-refractivity contribution in [3.05, 3.63) is 71.2 Å². The Balaban J connectivity index is 2.08. The van der Waals surface area contributed by atoms with E-state index in [0.29, 0.717) is 16.9 Å². The number of nitrogens with one attached hydrogen (secondary N) is 1. The van der Waals surface area contributed by atoms with Gasteiger partial charge in [0.2, 0.25) is 5.91 Å². The van der Waals surface area contributed by atoms with Crippen LogP contribution in [0.4, 0.5) is 5.69 Å². The van der Waals surface area contributed by atoms with Crippen LogP contribution in [0.1, 0.15) is 48.1 Å². The maximum absolute atomic E-state index is 12.9. The first kappa shape index (κ1) is 19.5. The maximum atomic E-state index is 12.9. The van der Waals surface area contributed by atoms with Crippen LogP contribution in [0.15, 0.2) is 48.7 Å². The number of hydrogen-bond acceptors (Lipinski definition) is 3. The largest absolute Gasteiger partial charge is 0.322 e. The topological polar surface area (TPSA) is 63.5 Å². The van der Waals surface area contributed by atoms with Gasteiger partial charge in [-0.1, -0.05) is 57.2 Å².